The van der Waals surface area contributed by atoms with E-state index >= 15 is 0 Å². The summed E-state index contributed by atoms with van der Waals surface area (Å²) in [7, 11) is 0. The third kappa shape index (κ3) is 6.89. The van der Waals surface area contributed by atoms with E-state index in [1.54, 1.807) is 6.07 Å². The zero-order valence-corrected chi connectivity index (χ0v) is 18.6. The summed E-state index contributed by atoms with van der Waals surface area (Å²) >= 11 is 0. The van der Waals surface area contributed by atoms with Gasteiger partial charge in [-0.05, 0) is 34.9 Å². The Morgan fingerprint density at radius 1 is 1.12 bits per heavy atom. The first-order valence-corrected chi connectivity index (χ1v) is 9.76. The third-order valence-corrected chi connectivity index (χ3v) is 4.44. The molecule has 0 aliphatic rings. The number of furan rings is 1. The minimum absolute atomic E-state index is 0.0343. The van der Waals surface area contributed by atoms with Gasteiger partial charge in [0.15, 0.2) is 18.1 Å². The number of nitro groups is 2. The highest BCUT2D eigenvalue weighted by Crippen LogP contribution is 2.39. The highest BCUT2D eigenvalue weighted by atomic mass is 16.6. The van der Waals surface area contributed by atoms with E-state index in [1.807, 2.05) is 13.8 Å². The van der Waals surface area contributed by atoms with Crippen LogP contribution in [0.1, 0.15) is 52.4 Å². The average Bonchev–Trinajstić information content (AvgIpc) is 3.13. The van der Waals surface area contributed by atoms with Crippen LogP contribution in [0.5, 0.6) is 5.75 Å². The van der Waals surface area contributed by atoms with Crippen LogP contribution in [-0.4, -0.2) is 28.6 Å². The molecule has 1 aromatic carbocycles. The van der Waals surface area contributed by atoms with Crippen molar-refractivity contribution in [3.8, 4) is 5.75 Å². The van der Waals surface area contributed by atoms with Gasteiger partial charge in [0.1, 0.15) is 4.92 Å². The molecular formula is C21H26N4O7. The summed E-state index contributed by atoms with van der Waals surface area (Å²) in [4.78, 5) is 32.8. The molecule has 1 N–H and O–H groups in total. The van der Waals surface area contributed by atoms with Gasteiger partial charge in [-0.25, -0.2) is 5.43 Å². The predicted octanol–water partition coefficient (Wildman–Crippen LogP) is 4.34. The van der Waals surface area contributed by atoms with Gasteiger partial charge in [0.25, 0.3) is 5.91 Å². The van der Waals surface area contributed by atoms with Gasteiger partial charge in [-0.15, -0.1) is 0 Å². The fraction of sp³-hybridized carbons (Fsp3) is 0.429. The van der Waals surface area contributed by atoms with Crippen LogP contribution in [0, 0.1) is 25.6 Å². The topological polar surface area (TPSA) is 150 Å². The number of nitrogens with zero attached hydrogens (tertiary/aromatic N) is 3. The second kappa shape index (κ2) is 9.58. The van der Waals surface area contributed by atoms with Gasteiger partial charge in [0, 0.05) is 6.07 Å². The van der Waals surface area contributed by atoms with Crippen LogP contribution in [0.2, 0.25) is 0 Å². The lowest BCUT2D eigenvalue weighted by Gasteiger charge is -2.33. The number of benzene rings is 1. The summed E-state index contributed by atoms with van der Waals surface area (Å²) < 4.78 is 10.2. The van der Waals surface area contributed by atoms with Crippen LogP contribution >= 0.6 is 0 Å². The summed E-state index contributed by atoms with van der Waals surface area (Å²) in [6, 6.07) is 7.18. The van der Waals surface area contributed by atoms with Gasteiger partial charge < -0.3 is 9.15 Å². The summed E-state index contributed by atoms with van der Waals surface area (Å²) in [5, 5.41) is 25.7. The molecule has 0 saturated carbocycles. The Kier molecular flexibility index (Phi) is 7.34. The number of hydrazone groups is 1. The second-order valence-electron chi connectivity index (χ2n) is 9.08. The minimum atomic E-state index is -0.702. The molecule has 0 atom stereocenters. The van der Waals surface area contributed by atoms with E-state index in [2.05, 4.69) is 31.3 Å². The normalized spacial score (nSPS) is 12.0. The van der Waals surface area contributed by atoms with E-state index in [4.69, 9.17) is 9.15 Å². The zero-order chi connectivity index (χ0) is 24.1. The van der Waals surface area contributed by atoms with E-state index in [9.17, 15) is 25.0 Å². The standard InChI is InChI=1S/C21H26N4O7/c1-20(2,3)13-21(4,5)14-6-8-17(16(10-14)24(27)28)31-12-18(26)23-22-11-15-7-9-19(32-15)25(29)30/h6-11H,12-13H2,1-5H3,(H,23,26). The molecule has 172 valence electrons. The van der Waals surface area contributed by atoms with E-state index in [0.717, 1.165) is 24.3 Å². The van der Waals surface area contributed by atoms with Crippen molar-refractivity contribution < 1.29 is 23.8 Å². The molecule has 11 nitrogen and oxygen atoms in total. The number of amides is 1. The molecule has 32 heavy (non-hydrogen) atoms. The van der Waals surface area contributed by atoms with Crippen molar-refractivity contribution in [2.75, 3.05) is 6.61 Å². The van der Waals surface area contributed by atoms with E-state index < -0.39 is 28.2 Å². The van der Waals surface area contributed by atoms with Crippen LogP contribution in [-0.2, 0) is 10.2 Å². The van der Waals surface area contributed by atoms with Crippen LogP contribution in [0.3, 0.4) is 0 Å². The number of hydrogen-bond donors (Lipinski definition) is 1. The number of hydrogen-bond acceptors (Lipinski definition) is 8. The fourth-order valence-electron chi connectivity index (χ4n) is 3.48. The molecule has 2 rings (SSSR count). The van der Waals surface area contributed by atoms with Crippen molar-refractivity contribution in [2.45, 2.75) is 46.5 Å². The number of nitro benzene ring substituents is 1. The Morgan fingerprint density at radius 3 is 2.38 bits per heavy atom. The molecule has 1 aromatic heterocycles. The lowest BCUT2D eigenvalue weighted by Crippen LogP contribution is -2.26. The van der Waals surface area contributed by atoms with Gasteiger partial charge in [0.2, 0.25) is 0 Å². The smallest absolute Gasteiger partial charge is 0.433 e. The molecule has 0 aliphatic carbocycles. The quantitative estimate of drug-likeness (QED) is 0.342. The Hall–Kier alpha value is -3.76. The summed E-state index contributed by atoms with van der Waals surface area (Å²) in [5.41, 5.74) is 2.46. The van der Waals surface area contributed by atoms with Crippen molar-refractivity contribution in [1.29, 1.82) is 0 Å². The number of carbonyl (C=O) groups excluding carboxylic acids is 1. The predicted molar refractivity (Wildman–Crippen MR) is 117 cm³/mol. The van der Waals surface area contributed by atoms with Crippen molar-refractivity contribution >= 4 is 23.7 Å². The zero-order valence-electron chi connectivity index (χ0n) is 18.6. The lowest BCUT2D eigenvalue weighted by atomic mass is 9.72. The molecule has 1 amide bonds. The van der Waals surface area contributed by atoms with Crippen LogP contribution in [0.4, 0.5) is 11.6 Å². The molecule has 0 aliphatic heterocycles. The fourth-order valence-corrected chi connectivity index (χ4v) is 3.48. The van der Waals surface area contributed by atoms with E-state index in [1.165, 1.54) is 18.2 Å². The van der Waals surface area contributed by atoms with E-state index in [0.29, 0.717) is 0 Å². The average molecular weight is 446 g/mol. The molecule has 2 aromatic rings. The molecule has 0 fully saturated rings. The van der Waals surface area contributed by atoms with Crippen LogP contribution in [0.25, 0.3) is 0 Å². The van der Waals surface area contributed by atoms with Crippen molar-refractivity contribution in [2.24, 2.45) is 10.5 Å². The number of ether oxygens (including phenoxy) is 1. The second-order valence-corrected chi connectivity index (χ2v) is 9.08. The Labute approximate surface area is 184 Å². The Bertz CT molecular complexity index is 1040. The number of rotatable bonds is 9. The first-order valence-electron chi connectivity index (χ1n) is 9.76. The van der Waals surface area contributed by atoms with Crippen LogP contribution < -0.4 is 10.2 Å². The highest BCUT2D eigenvalue weighted by molar-refractivity contribution is 5.81. The molecule has 0 spiro atoms. The molecule has 0 saturated heterocycles. The minimum Gasteiger partial charge on any atom is -0.477 e. The van der Waals surface area contributed by atoms with E-state index in [-0.39, 0.29) is 28.0 Å². The molecule has 0 unspecified atom stereocenters. The molecule has 11 heteroatoms. The maximum atomic E-state index is 11.9. The van der Waals surface area contributed by atoms with Crippen molar-refractivity contribution in [3.05, 3.63) is 61.9 Å². The maximum Gasteiger partial charge on any atom is 0.433 e. The molecular weight excluding hydrogens is 420 g/mol. The van der Waals surface area contributed by atoms with Gasteiger partial charge in [0.05, 0.1) is 17.2 Å². The van der Waals surface area contributed by atoms with Gasteiger partial charge >= 0.3 is 11.6 Å². The molecule has 0 radical (unpaired) electrons. The Balaban J connectivity index is 2.03. The molecule has 1 heterocycles. The first kappa shape index (κ1) is 24.5. The van der Waals surface area contributed by atoms with Crippen molar-refractivity contribution in [3.63, 3.8) is 0 Å². The largest absolute Gasteiger partial charge is 0.477 e. The first-order chi connectivity index (χ1) is 14.8. The monoisotopic (exact) mass is 446 g/mol. The summed E-state index contributed by atoms with van der Waals surface area (Å²) in [6.07, 6.45) is 1.90. The van der Waals surface area contributed by atoms with Gasteiger partial charge in [-0.1, -0.05) is 40.7 Å². The molecule has 0 bridgehead atoms. The lowest BCUT2D eigenvalue weighted by molar-refractivity contribution is -0.402. The number of nitrogens with one attached hydrogen (secondary N) is 1. The SMILES string of the molecule is CC(C)(C)CC(C)(C)c1ccc(OCC(=O)NN=Cc2ccc([N+](=O)[O-])o2)c([N+](=O)[O-])c1. The Morgan fingerprint density at radius 2 is 1.81 bits per heavy atom. The maximum absolute atomic E-state index is 11.9. The van der Waals surface area contributed by atoms with Crippen molar-refractivity contribution in [1.82, 2.24) is 5.43 Å². The van der Waals surface area contributed by atoms with Gasteiger partial charge in [-0.3, -0.25) is 25.0 Å². The summed E-state index contributed by atoms with van der Waals surface area (Å²) in [5.74, 6) is -1.09. The van der Waals surface area contributed by atoms with Crippen LogP contribution in [0.15, 0.2) is 39.9 Å². The highest BCUT2D eigenvalue weighted by Gasteiger charge is 2.29. The third-order valence-electron chi connectivity index (χ3n) is 4.44. The number of carbonyl (C=O) groups is 1. The van der Waals surface area contributed by atoms with Gasteiger partial charge in [-0.2, -0.15) is 5.10 Å². The summed E-state index contributed by atoms with van der Waals surface area (Å²) in [6.45, 7) is 9.85.